The van der Waals surface area contributed by atoms with Gasteiger partial charge in [-0.2, -0.15) is 0 Å². The van der Waals surface area contributed by atoms with Crippen molar-refractivity contribution in [2.45, 2.75) is 66.2 Å². The van der Waals surface area contributed by atoms with Crippen LogP contribution in [0.4, 0.5) is 0 Å². The Labute approximate surface area is 194 Å². The van der Waals surface area contributed by atoms with E-state index in [0.29, 0.717) is 0 Å². The Bertz CT molecular complexity index is 930. The quantitative estimate of drug-likeness (QED) is 0.157. The predicted molar refractivity (Wildman–Crippen MR) is 103 cm³/mol. The Morgan fingerprint density at radius 1 is 1.03 bits per heavy atom. The van der Waals surface area contributed by atoms with Crippen LogP contribution in [0, 0.1) is 5.92 Å². The minimum absolute atomic E-state index is 0.250. The van der Waals surface area contributed by atoms with E-state index in [9.17, 15) is 45.0 Å². The van der Waals surface area contributed by atoms with Gasteiger partial charge in [-0.3, -0.25) is 9.59 Å². The molecular weight excluding hydrogens is 486 g/mol. The molecule has 13 N–H and O–H groups in total. The normalized spacial score (nSPS) is 43.2. The monoisotopic (exact) mass is 511 g/mol. The van der Waals surface area contributed by atoms with E-state index in [1.165, 1.54) is 0 Å². The molecule has 0 aromatic carbocycles. The molecule has 4 aliphatic heterocycles. The summed E-state index contributed by atoms with van der Waals surface area (Å²) in [6.45, 7) is -0.857. The van der Waals surface area contributed by atoms with Crippen molar-refractivity contribution in [3.63, 3.8) is 0 Å². The second-order valence-corrected chi connectivity index (χ2v) is 8.69. The smallest absolute Gasteiger partial charge is 0.336 e. The van der Waals surface area contributed by atoms with E-state index in [-0.39, 0.29) is 5.96 Å². The van der Waals surface area contributed by atoms with Gasteiger partial charge in [0.1, 0.15) is 29.5 Å². The molecule has 1 spiro atoms. The van der Waals surface area contributed by atoms with Crippen molar-refractivity contribution in [2.24, 2.45) is 16.6 Å². The van der Waals surface area contributed by atoms with E-state index in [2.05, 4.69) is 10.3 Å². The number of hydrogen-bond acceptors (Lipinski definition) is 15. The molecule has 9 atom stereocenters. The summed E-state index contributed by atoms with van der Waals surface area (Å²) in [5, 5.41) is 98.1. The molecule has 18 heteroatoms. The van der Waals surface area contributed by atoms with E-state index in [0.717, 1.165) is 0 Å². The molecule has 1 saturated carbocycles. The van der Waals surface area contributed by atoms with E-state index in [1.807, 2.05) is 0 Å². The number of ether oxygens (including phenoxy) is 2. The number of aliphatic carboxylic acids is 3. The predicted octanol–water partition coefficient (Wildman–Crippen LogP) is -6.77. The average molecular weight is 511 g/mol. The van der Waals surface area contributed by atoms with Crippen molar-refractivity contribution >= 4 is 23.9 Å². The molecule has 35 heavy (non-hydrogen) atoms. The second kappa shape index (κ2) is 8.47. The number of nitrogens with two attached hydrogens (primary N) is 1. The van der Waals surface area contributed by atoms with E-state index < -0.39 is 96.6 Å². The van der Waals surface area contributed by atoms with Crippen molar-refractivity contribution in [3.05, 3.63) is 0 Å². The third-order valence-corrected chi connectivity index (χ3v) is 6.50. The van der Waals surface area contributed by atoms with Gasteiger partial charge in [-0.15, -0.1) is 0 Å². The molecule has 0 aromatic heterocycles. The van der Waals surface area contributed by atoms with Crippen LogP contribution in [0.5, 0.6) is 0 Å². The van der Waals surface area contributed by atoms with Gasteiger partial charge in [-0.25, -0.2) is 9.79 Å². The molecule has 0 aromatic rings. The number of carboxylic acid groups (broad SMARTS) is 3. The van der Waals surface area contributed by atoms with Gasteiger partial charge in [0.25, 0.3) is 0 Å². The molecule has 5 aliphatic rings. The lowest BCUT2D eigenvalue weighted by molar-refractivity contribution is -0.548. The van der Waals surface area contributed by atoms with Gasteiger partial charge in [-0.05, 0) is 0 Å². The lowest BCUT2D eigenvalue weighted by Gasteiger charge is -2.71. The first kappa shape index (κ1) is 26.9. The zero-order valence-electron chi connectivity index (χ0n) is 17.6. The summed E-state index contributed by atoms with van der Waals surface area (Å²) < 4.78 is 10.3. The van der Waals surface area contributed by atoms with Crippen molar-refractivity contribution < 1.29 is 74.9 Å². The SMILES string of the molecule is NC1=N[C@H](O)[C@H]2[C@@H]3O[C@@]4(O)O[C@H](C(O)C2(N1)[C@@H]4O)[C@]3(O)CO.O=C(O)CC(O)(CC(=O)O)C(=O)O. The zero-order valence-corrected chi connectivity index (χ0v) is 17.6. The lowest BCUT2D eigenvalue weighted by atomic mass is 9.55. The summed E-state index contributed by atoms with van der Waals surface area (Å²) in [5.41, 5.74) is -1.00. The first-order chi connectivity index (χ1) is 16.0. The Hall–Kier alpha value is -2.68. The summed E-state index contributed by atoms with van der Waals surface area (Å²) in [5.74, 6) is -8.96. The highest BCUT2D eigenvalue weighted by atomic mass is 16.9. The number of aliphatic imine (C=N–C) groups is 1. The highest BCUT2D eigenvalue weighted by Crippen LogP contribution is 2.58. The van der Waals surface area contributed by atoms with Gasteiger partial charge >= 0.3 is 23.9 Å². The van der Waals surface area contributed by atoms with Crippen molar-refractivity contribution in [1.82, 2.24) is 5.32 Å². The van der Waals surface area contributed by atoms with E-state index in [4.69, 9.17) is 35.6 Å². The number of nitrogens with zero attached hydrogens (tertiary/aromatic N) is 1. The average Bonchev–Trinajstić information content (AvgIpc) is 2.71. The van der Waals surface area contributed by atoms with Crippen LogP contribution in [-0.2, 0) is 23.9 Å². The van der Waals surface area contributed by atoms with Crippen LogP contribution in [0.3, 0.4) is 0 Å². The zero-order chi connectivity index (χ0) is 26.7. The number of aliphatic hydroxyl groups is 7. The van der Waals surface area contributed by atoms with Crippen LogP contribution in [0.15, 0.2) is 4.99 Å². The fourth-order valence-corrected chi connectivity index (χ4v) is 4.95. The molecule has 0 amide bonds. The van der Waals surface area contributed by atoms with Gasteiger partial charge in [0.05, 0.1) is 25.4 Å². The molecule has 2 unspecified atom stereocenters. The van der Waals surface area contributed by atoms with Crippen LogP contribution >= 0.6 is 0 Å². The second-order valence-electron chi connectivity index (χ2n) is 8.69. The fraction of sp³-hybridized carbons (Fsp3) is 0.765. The molecule has 4 heterocycles. The maximum absolute atomic E-state index is 10.6. The minimum Gasteiger partial charge on any atom is -0.481 e. The molecule has 4 bridgehead atoms. The number of hydrogen-bond donors (Lipinski definition) is 12. The lowest BCUT2D eigenvalue weighted by Crippen LogP contribution is -2.95. The number of rotatable bonds is 6. The molecule has 1 aliphatic carbocycles. The number of carbonyl (C=O) groups is 3. The Balaban J connectivity index is 0.000000228. The standard InChI is InChI=1S/C11H17N3O8.C6H8O7/c12-8-13-6(17)2-4-9(19,1-15)5-3(16)10(2,14-8)7(18)11(20,21-4)22-5;7-3(8)1-6(13,5(11)12)2-4(9)10/h2-7,15-20H,1H2,(H3,12,13,14);13H,1-2H2,(H,7,8)(H,9,10)(H,11,12)/t2-,3?,4+,5-,6-,7+,9+,10?,11-;/m1./s1. The fourth-order valence-electron chi connectivity index (χ4n) is 4.95. The maximum Gasteiger partial charge on any atom is 0.336 e. The third kappa shape index (κ3) is 3.88. The van der Waals surface area contributed by atoms with Gasteiger partial charge in [0, 0.05) is 0 Å². The number of nitrogens with one attached hydrogen (secondary N) is 1. The molecule has 5 rings (SSSR count). The number of guanidine groups is 1. The van der Waals surface area contributed by atoms with Crippen LogP contribution in [0.2, 0.25) is 0 Å². The Morgan fingerprint density at radius 2 is 1.54 bits per heavy atom. The number of aliphatic hydroxyl groups excluding tert-OH is 4. The van der Waals surface area contributed by atoms with E-state index in [1.54, 1.807) is 0 Å². The third-order valence-electron chi connectivity index (χ3n) is 6.50. The maximum atomic E-state index is 10.6. The largest absolute Gasteiger partial charge is 0.481 e. The molecular formula is C17H25N3O15. The van der Waals surface area contributed by atoms with E-state index >= 15 is 0 Å². The van der Waals surface area contributed by atoms with Crippen molar-refractivity contribution in [1.29, 1.82) is 0 Å². The van der Waals surface area contributed by atoms with Gasteiger partial charge in [-0.1, -0.05) is 0 Å². The summed E-state index contributed by atoms with van der Waals surface area (Å²) in [6.07, 6.45) is -10.1. The van der Waals surface area contributed by atoms with Crippen LogP contribution < -0.4 is 11.1 Å². The summed E-state index contributed by atoms with van der Waals surface area (Å²) in [6, 6.07) is 0. The highest BCUT2D eigenvalue weighted by molar-refractivity contribution is 5.88. The van der Waals surface area contributed by atoms with Crippen LogP contribution in [-0.4, -0.2) is 135 Å². The molecule has 3 saturated heterocycles. The summed E-state index contributed by atoms with van der Waals surface area (Å²) in [4.78, 5) is 34.2. The van der Waals surface area contributed by atoms with Crippen molar-refractivity contribution in [3.8, 4) is 0 Å². The first-order valence-electron chi connectivity index (χ1n) is 9.94. The van der Waals surface area contributed by atoms with Gasteiger partial charge < -0.3 is 71.6 Å². The number of carboxylic acids is 3. The molecule has 4 fully saturated rings. The van der Waals surface area contributed by atoms with Gasteiger partial charge in [0.15, 0.2) is 23.9 Å². The topological polar surface area (TPSA) is 322 Å². The first-order valence-corrected chi connectivity index (χ1v) is 9.94. The summed E-state index contributed by atoms with van der Waals surface area (Å²) in [7, 11) is 0. The Morgan fingerprint density at radius 3 is 2.00 bits per heavy atom. The van der Waals surface area contributed by atoms with Crippen LogP contribution in [0.1, 0.15) is 12.8 Å². The van der Waals surface area contributed by atoms with Gasteiger partial charge in [0.2, 0.25) is 0 Å². The Kier molecular flexibility index (Phi) is 6.51. The molecule has 198 valence electrons. The van der Waals surface area contributed by atoms with Crippen LogP contribution in [0.25, 0.3) is 0 Å². The highest BCUT2D eigenvalue weighted by Gasteiger charge is 2.83. The molecule has 18 nitrogen and oxygen atoms in total. The summed E-state index contributed by atoms with van der Waals surface area (Å²) >= 11 is 0. The molecule has 0 radical (unpaired) electrons. The minimum atomic E-state index is -2.74. The van der Waals surface area contributed by atoms with Crippen molar-refractivity contribution in [2.75, 3.05) is 6.61 Å².